The Labute approximate surface area is 122 Å². The second-order valence-electron chi connectivity index (χ2n) is 4.63. The van der Waals surface area contributed by atoms with Crippen molar-refractivity contribution in [3.05, 3.63) is 33.4 Å². The lowest BCUT2D eigenvalue weighted by Crippen LogP contribution is -2.17. The Kier molecular flexibility index (Phi) is 7.27. The van der Waals surface area contributed by atoms with E-state index in [0.717, 1.165) is 25.9 Å². The van der Waals surface area contributed by atoms with Gasteiger partial charge in [-0.25, -0.2) is 0 Å². The van der Waals surface area contributed by atoms with E-state index in [4.69, 9.17) is 5.11 Å². The second kappa shape index (κ2) is 8.48. The summed E-state index contributed by atoms with van der Waals surface area (Å²) in [5.74, 6) is -0.237. The van der Waals surface area contributed by atoms with Gasteiger partial charge in [0.05, 0.1) is 0 Å². The molecule has 1 unspecified atom stereocenters. The zero-order chi connectivity index (χ0) is 13.4. The summed E-state index contributed by atoms with van der Waals surface area (Å²) < 4.78 is 1.25. The monoisotopic (exact) mass is 361 g/mol. The maximum absolute atomic E-state index is 10.4. The summed E-state index contributed by atoms with van der Waals surface area (Å²) in [4.78, 5) is 10.4. The predicted molar refractivity (Wildman–Crippen MR) is 81.5 cm³/mol. The SMILES string of the molecule is CC(CCNCc1ccc(I)cc1)CCC(=O)O. The van der Waals surface area contributed by atoms with Crippen LogP contribution in [0.15, 0.2) is 24.3 Å². The van der Waals surface area contributed by atoms with Gasteiger partial charge < -0.3 is 10.4 Å². The molecule has 4 heteroatoms. The summed E-state index contributed by atoms with van der Waals surface area (Å²) in [6, 6.07) is 8.46. The molecule has 0 saturated heterocycles. The maximum atomic E-state index is 10.4. The molecule has 0 fully saturated rings. The number of aliphatic carboxylic acids is 1. The Bertz CT molecular complexity index is 365. The number of carboxylic acids is 1. The first-order chi connectivity index (χ1) is 8.58. The Balaban J connectivity index is 2.11. The number of hydrogen-bond acceptors (Lipinski definition) is 2. The average Bonchev–Trinajstić information content (AvgIpc) is 2.34. The van der Waals surface area contributed by atoms with Crippen molar-refractivity contribution in [3.63, 3.8) is 0 Å². The summed E-state index contributed by atoms with van der Waals surface area (Å²) in [5, 5.41) is 12.0. The van der Waals surface area contributed by atoms with Gasteiger partial charge in [0, 0.05) is 16.5 Å². The molecule has 1 rings (SSSR count). The van der Waals surface area contributed by atoms with Crippen molar-refractivity contribution >= 4 is 28.6 Å². The number of rotatable bonds is 8. The lowest BCUT2D eigenvalue weighted by Gasteiger charge is -2.10. The molecule has 100 valence electrons. The molecule has 0 aliphatic rings. The molecule has 0 heterocycles. The van der Waals surface area contributed by atoms with E-state index in [2.05, 4.69) is 59.1 Å². The fourth-order valence-electron chi connectivity index (χ4n) is 1.70. The zero-order valence-corrected chi connectivity index (χ0v) is 12.8. The van der Waals surface area contributed by atoms with Crippen LogP contribution in [0, 0.1) is 9.49 Å². The molecule has 0 aromatic heterocycles. The molecule has 3 nitrogen and oxygen atoms in total. The third-order valence-corrected chi connectivity index (χ3v) is 3.63. The molecular formula is C14H20INO2. The van der Waals surface area contributed by atoms with E-state index in [1.165, 1.54) is 9.13 Å². The van der Waals surface area contributed by atoms with E-state index in [-0.39, 0.29) is 6.42 Å². The lowest BCUT2D eigenvalue weighted by atomic mass is 10.0. The minimum absolute atomic E-state index is 0.276. The van der Waals surface area contributed by atoms with Crippen LogP contribution >= 0.6 is 22.6 Å². The van der Waals surface area contributed by atoms with Crippen LogP contribution in [-0.2, 0) is 11.3 Å². The predicted octanol–water partition coefficient (Wildman–Crippen LogP) is 3.27. The summed E-state index contributed by atoms with van der Waals surface area (Å²) in [5.41, 5.74) is 1.29. The fourth-order valence-corrected chi connectivity index (χ4v) is 2.06. The number of halogens is 1. The van der Waals surface area contributed by atoms with Crippen molar-refractivity contribution in [3.8, 4) is 0 Å². The Morgan fingerprint density at radius 1 is 1.33 bits per heavy atom. The highest BCUT2D eigenvalue weighted by Crippen LogP contribution is 2.10. The van der Waals surface area contributed by atoms with Gasteiger partial charge in [0.15, 0.2) is 0 Å². The van der Waals surface area contributed by atoms with Crippen LogP contribution in [0.5, 0.6) is 0 Å². The topological polar surface area (TPSA) is 49.3 Å². The summed E-state index contributed by atoms with van der Waals surface area (Å²) >= 11 is 2.30. The molecule has 1 aromatic rings. The molecule has 0 saturated carbocycles. The maximum Gasteiger partial charge on any atom is 0.303 e. The Hall–Kier alpha value is -0.620. The van der Waals surface area contributed by atoms with Gasteiger partial charge in [-0.2, -0.15) is 0 Å². The summed E-state index contributed by atoms with van der Waals surface area (Å²) in [6.07, 6.45) is 2.07. The first-order valence-corrected chi connectivity index (χ1v) is 7.32. The van der Waals surface area contributed by atoms with Crippen molar-refractivity contribution < 1.29 is 9.90 Å². The van der Waals surface area contributed by atoms with E-state index in [9.17, 15) is 4.79 Å². The second-order valence-corrected chi connectivity index (χ2v) is 5.88. The smallest absolute Gasteiger partial charge is 0.303 e. The van der Waals surface area contributed by atoms with Crippen LogP contribution in [-0.4, -0.2) is 17.6 Å². The fraction of sp³-hybridized carbons (Fsp3) is 0.500. The Morgan fingerprint density at radius 3 is 2.61 bits per heavy atom. The first-order valence-electron chi connectivity index (χ1n) is 6.25. The van der Waals surface area contributed by atoms with Crippen LogP contribution in [0.3, 0.4) is 0 Å². The highest BCUT2D eigenvalue weighted by molar-refractivity contribution is 14.1. The van der Waals surface area contributed by atoms with Crippen molar-refractivity contribution in [2.24, 2.45) is 5.92 Å². The van der Waals surface area contributed by atoms with Gasteiger partial charge in [0.25, 0.3) is 0 Å². The molecule has 2 N–H and O–H groups in total. The van der Waals surface area contributed by atoms with Crippen LogP contribution in [0.1, 0.15) is 31.7 Å². The van der Waals surface area contributed by atoms with Crippen LogP contribution in [0.2, 0.25) is 0 Å². The molecule has 18 heavy (non-hydrogen) atoms. The highest BCUT2D eigenvalue weighted by atomic mass is 127. The van der Waals surface area contributed by atoms with E-state index in [1.54, 1.807) is 0 Å². The molecule has 0 aliphatic heterocycles. The standard InChI is InChI=1S/C14H20INO2/c1-11(2-7-14(17)18)8-9-16-10-12-3-5-13(15)6-4-12/h3-6,11,16H,2,7-10H2,1H3,(H,17,18). The molecule has 0 spiro atoms. The minimum atomic E-state index is -0.700. The van der Waals surface area contributed by atoms with Gasteiger partial charge in [0.2, 0.25) is 0 Å². The average molecular weight is 361 g/mol. The molecule has 0 radical (unpaired) electrons. The van der Waals surface area contributed by atoms with E-state index in [1.807, 2.05) is 0 Å². The van der Waals surface area contributed by atoms with E-state index in [0.29, 0.717) is 5.92 Å². The van der Waals surface area contributed by atoms with Crippen LogP contribution in [0.4, 0.5) is 0 Å². The highest BCUT2D eigenvalue weighted by Gasteiger charge is 2.04. The van der Waals surface area contributed by atoms with Crippen molar-refractivity contribution in [2.75, 3.05) is 6.54 Å². The number of carbonyl (C=O) groups is 1. The minimum Gasteiger partial charge on any atom is -0.481 e. The third-order valence-electron chi connectivity index (χ3n) is 2.91. The summed E-state index contributed by atoms with van der Waals surface area (Å²) in [6.45, 7) is 3.92. The number of carboxylic acid groups (broad SMARTS) is 1. The van der Waals surface area contributed by atoms with E-state index < -0.39 is 5.97 Å². The Morgan fingerprint density at radius 2 is 2.00 bits per heavy atom. The van der Waals surface area contributed by atoms with Gasteiger partial charge in [-0.1, -0.05) is 19.1 Å². The molecule has 1 atom stereocenters. The van der Waals surface area contributed by atoms with Gasteiger partial charge in [-0.15, -0.1) is 0 Å². The molecule has 0 amide bonds. The largest absolute Gasteiger partial charge is 0.481 e. The van der Waals surface area contributed by atoms with Crippen molar-refractivity contribution in [1.29, 1.82) is 0 Å². The third kappa shape index (κ3) is 6.96. The molecule has 0 aliphatic carbocycles. The number of nitrogens with one attached hydrogen (secondary N) is 1. The number of hydrogen-bond donors (Lipinski definition) is 2. The quantitative estimate of drug-likeness (QED) is 0.552. The van der Waals surface area contributed by atoms with Gasteiger partial charge in [-0.05, 0) is 65.6 Å². The summed E-state index contributed by atoms with van der Waals surface area (Å²) in [7, 11) is 0. The van der Waals surface area contributed by atoms with Crippen molar-refractivity contribution in [1.82, 2.24) is 5.32 Å². The molecule has 0 bridgehead atoms. The normalized spacial score (nSPS) is 12.3. The number of benzene rings is 1. The lowest BCUT2D eigenvalue weighted by molar-refractivity contribution is -0.137. The van der Waals surface area contributed by atoms with Gasteiger partial charge in [-0.3, -0.25) is 4.79 Å². The van der Waals surface area contributed by atoms with Crippen LogP contribution in [0.25, 0.3) is 0 Å². The molecule has 1 aromatic carbocycles. The van der Waals surface area contributed by atoms with Crippen molar-refractivity contribution in [2.45, 2.75) is 32.7 Å². The molecular weight excluding hydrogens is 341 g/mol. The zero-order valence-electron chi connectivity index (χ0n) is 10.7. The van der Waals surface area contributed by atoms with Gasteiger partial charge in [0.1, 0.15) is 0 Å². The van der Waals surface area contributed by atoms with Gasteiger partial charge >= 0.3 is 5.97 Å². The van der Waals surface area contributed by atoms with E-state index >= 15 is 0 Å². The van der Waals surface area contributed by atoms with Crippen LogP contribution < -0.4 is 5.32 Å². The first kappa shape index (κ1) is 15.4.